The van der Waals surface area contributed by atoms with Gasteiger partial charge in [-0.15, -0.1) is 11.3 Å². The number of aromatic nitrogens is 2. The van der Waals surface area contributed by atoms with Gasteiger partial charge in [0, 0.05) is 6.20 Å². The lowest BCUT2D eigenvalue weighted by Crippen LogP contribution is -2.06. The quantitative estimate of drug-likeness (QED) is 0.673. The molecule has 21 heavy (non-hydrogen) atoms. The Hall–Kier alpha value is -2.21. The van der Waals surface area contributed by atoms with E-state index >= 15 is 0 Å². The third kappa shape index (κ3) is 2.95. The molecule has 0 radical (unpaired) electrons. The minimum Gasteiger partial charge on any atom is -0.255 e. The summed E-state index contributed by atoms with van der Waals surface area (Å²) in [4.78, 5) is 9.07. The van der Waals surface area contributed by atoms with E-state index in [0.717, 1.165) is 12.1 Å². The van der Waals surface area contributed by atoms with Crippen LogP contribution in [0.1, 0.15) is 5.56 Å². The van der Waals surface area contributed by atoms with Crippen LogP contribution in [-0.2, 0) is 6.18 Å². The molecule has 2 nitrogen and oxygen atoms in total. The van der Waals surface area contributed by atoms with Gasteiger partial charge in [0.25, 0.3) is 0 Å². The second-order valence-electron chi connectivity index (χ2n) is 4.32. The van der Waals surface area contributed by atoms with Crippen LogP contribution in [0, 0.1) is 0 Å². The zero-order valence-electron chi connectivity index (χ0n) is 10.6. The number of hydrogen-bond acceptors (Lipinski definition) is 3. The predicted molar refractivity (Wildman–Crippen MR) is 75.8 cm³/mol. The third-order valence-electron chi connectivity index (χ3n) is 2.85. The molecule has 3 aromatic rings. The third-order valence-corrected chi connectivity index (χ3v) is 3.75. The summed E-state index contributed by atoms with van der Waals surface area (Å²) in [5, 5.41) is 1.80. The summed E-state index contributed by atoms with van der Waals surface area (Å²) < 4.78 is 39.2. The van der Waals surface area contributed by atoms with E-state index in [2.05, 4.69) is 9.97 Å². The predicted octanol–water partition coefficient (Wildman–Crippen LogP) is 4.89. The lowest BCUT2D eigenvalue weighted by molar-refractivity contribution is -0.137. The smallest absolute Gasteiger partial charge is 0.255 e. The zero-order chi connectivity index (χ0) is 14.9. The van der Waals surface area contributed by atoms with Gasteiger partial charge in [-0.2, -0.15) is 13.2 Å². The second-order valence-corrected chi connectivity index (χ2v) is 5.26. The van der Waals surface area contributed by atoms with Gasteiger partial charge in [-0.1, -0.05) is 12.1 Å². The van der Waals surface area contributed by atoms with E-state index in [0.29, 0.717) is 16.3 Å². The first-order valence-corrected chi connectivity index (χ1v) is 6.96. The number of thiophene rings is 1. The van der Waals surface area contributed by atoms with Gasteiger partial charge in [0.2, 0.25) is 0 Å². The van der Waals surface area contributed by atoms with Crippen LogP contribution in [0.5, 0.6) is 0 Å². The molecule has 0 unspecified atom stereocenters. The largest absolute Gasteiger partial charge is 0.416 e. The number of halogens is 3. The van der Waals surface area contributed by atoms with Crippen molar-refractivity contribution in [2.24, 2.45) is 0 Å². The summed E-state index contributed by atoms with van der Waals surface area (Å²) in [6, 6.07) is 10.7. The van der Waals surface area contributed by atoms with Crippen molar-refractivity contribution in [1.29, 1.82) is 0 Å². The Labute approximate surface area is 122 Å². The molecule has 6 heteroatoms. The summed E-state index contributed by atoms with van der Waals surface area (Å²) in [6.45, 7) is 0. The van der Waals surface area contributed by atoms with Gasteiger partial charge in [0.15, 0.2) is 0 Å². The molecule has 0 atom stereocenters. The fourth-order valence-electron chi connectivity index (χ4n) is 1.89. The van der Waals surface area contributed by atoms with Crippen molar-refractivity contribution in [3.63, 3.8) is 0 Å². The molecule has 3 aromatic heterocycles. The second kappa shape index (κ2) is 5.29. The molecule has 0 N–H and O–H groups in total. The van der Waals surface area contributed by atoms with Crippen LogP contribution in [-0.4, -0.2) is 9.97 Å². The zero-order valence-corrected chi connectivity index (χ0v) is 11.4. The van der Waals surface area contributed by atoms with E-state index in [1.807, 2.05) is 0 Å². The van der Waals surface area contributed by atoms with E-state index in [1.54, 1.807) is 35.7 Å². The Morgan fingerprint density at radius 2 is 1.71 bits per heavy atom. The fourth-order valence-corrected chi connectivity index (χ4v) is 2.58. The monoisotopic (exact) mass is 306 g/mol. The Morgan fingerprint density at radius 3 is 2.33 bits per heavy atom. The topological polar surface area (TPSA) is 25.8 Å². The van der Waals surface area contributed by atoms with E-state index in [4.69, 9.17) is 0 Å². The van der Waals surface area contributed by atoms with Crippen molar-refractivity contribution in [2.75, 3.05) is 0 Å². The highest BCUT2D eigenvalue weighted by molar-refractivity contribution is 7.13. The maximum absolute atomic E-state index is 13.1. The normalized spacial score (nSPS) is 11.6. The van der Waals surface area contributed by atoms with E-state index in [1.165, 1.54) is 17.5 Å². The first-order chi connectivity index (χ1) is 10.0. The van der Waals surface area contributed by atoms with E-state index in [-0.39, 0.29) is 5.69 Å². The minimum atomic E-state index is -4.42. The molecule has 0 bridgehead atoms. The molecule has 0 aliphatic rings. The Bertz CT molecular complexity index is 737. The van der Waals surface area contributed by atoms with Crippen molar-refractivity contribution in [2.45, 2.75) is 6.18 Å². The summed E-state index contributed by atoms with van der Waals surface area (Å²) in [5.41, 5.74) is 0.220. The van der Waals surface area contributed by atoms with Crippen LogP contribution in [0.15, 0.2) is 54.0 Å². The van der Waals surface area contributed by atoms with E-state index in [9.17, 15) is 13.2 Å². The van der Waals surface area contributed by atoms with Gasteiger partial charge in [0.1, 0.15) is 0 Å². The summed E-state index contributed by atoms with van der Waals surface area (Å²) in [6.07, 6.45) is -2.89. The van der Waals surface area contributed by atoms with Crippen LogP contribution >= 0.6 is 11.3 Å². The molecule has 0 amide bonds. The molecule has 106 valence electrons. The molecular weight excluding hydrogens is 297 g/mol. The van der Waals surface area contributed by atoms with Gasteiger partial charge in [-0.25, -0.2) is 4.98 Å². The molecule has 0 aromatic carbocycles. The van der Waals surface area contributed by atoms with Gasteiger partial charge in [-0.3, -0.25) is 4.98 Å². The SMILES string of the molecule is FC(F)(F)c1cc(-c2ccccn2)nc(-c2cccs2)c1. The molecule has 0 spiro atoms. The Balaban J connectivity index is 2.19. The van der Waals surface area contributed by atoms with Crippen molar-refractivity contribution >= 4 is 11.3 Å². The van der Waals surface area contributed by atoms with Crippen LogP contribution in [0.3, 0.4) is 0 Å². The Morgan fingerprint density at radius 1 is 0.905 bits per heavy atom. The minimum absolute atomic E-state index is 0.217. The summed E-state index contributed by atoms with van der Waals surface area (Å²) >= 11 is 1.35. The van der Waals surface area contributed by atoms with Gasteiger partial charge < -0.3 is 0 Å². The highest BCUT2D eigenvalue weighted by atomic mass is 32.1. The fraction of sp³-hybridized carbons (Fsp3) is 0.0667. The number of alkyl halides is 3. The lowest BCUT2D eigenvalue weighted by atomic mass is 10.1. The number of rotatable bonds is 2. The lowest BCUT2D eigenvalue weighted by Gasteiger charge is -2.10. The van der Waals surface area contributed by atoms with Gasteiger partial charge in [-0.05, 0) is 35.7 Å². The van der Waals surface area contributed by atoms with Crippen molar-refractivity contribution in [3.8, 4) is 22.0 Å². The molecular formula is C15H9F3N2S. The van der Waals surface area contributed by atoms with Crippen molar-refractivity contribution in [3.05, 3.63) is 59.6 Å². The molecule has 0 saturated heterocycles. The highest BCUT2D eigenvalue weighted by Gasteiger charge is 2.32. The molecule has 0 aliphatic heterocycles. The number of hydrogen-bond donors (Lipinski definition) is 0. The highest BCUT2D eigenvalue weighted by Crippen LogP contribution is 2.35. The first-order valence-electron chi connectivity index (χ1n) is 6.08. The van der Waals surface area contributed by atoms with Crippen LogP contribution < -0.4 is 0 Å². The average Bonchev–Trinajstić information content (AvgIpc) is 3.01. The van der Waals surface area contributed by atoms with Crippen LogP contribution in [0.4, 0.5) is 13.2 Å². The Kier molecular flexibility index (Phi) is 3.47. The number of pyridine rings is 2. The standard InChI is InChI=1S/C15H9F3N2S/c16-15(17,18)10-8-12(11-4-1-2-6-19-11)20-13(9-10)14-5-3-7-21-14/h1-9H. The molecule has 3 heterocycles. The molecule has 0 saturated carbocycles. The van der Waals surface area contributed by atoms with Crippen molar-refractivity contribution < 1.29 is 13.2 Å². The molecule has 3 rings (SSSR count). The number of nitrogens with zero attached hydrogens (tertiary/aromatic N) is 2. The summed E-state index contributed by atoms with van der Waals surface area (Å²) in [7, 11) is 0. The first kappa shape index (κ1) is 13.8. The summed E-state index contributed by atoms with van der Waals surface area (Å²) in [5.74, 6) is 0. The average molecular weight is 306 g/mol. The van der Waals surface area contributed by atoms with Gasteiger partial charge in [0.05, 0.1) is 27.5 Å². The maximum Gasteiger partial charge on any atom is 0.416 e. The van der Waals surface area contributed by atoms with Crippen LogP contribution in [0.25, 0.3) is 22.0 Å². The molecule has 0 aliphatic carbocycles. The van der Waals surface area contributed by atoms with Gasteiger partial charge >= 0.3 is 6.18 Å². The van der Waals surface area contributed by atoms with Crippen LogP contribution in [0.2, 0.25) is 0 Å². The molecule has 0 fully saturated rings. The van der Waals surface area contributed by atoms with Crippen molar-refractivity contribution in [1.82, 2.24) is 9.97 Å². The maximum atomic E-state index is 13.1. The van der Waals surface area contributed by atoms with E-state index < -0.39 is 11.7 Å².